The summed E-state index contributed by atoms with van der Waals surface area (Å²) >= 11 is 0. The summed E-state index contributed by atoms with van der Waals surface area (Å²) in [6.07, 6.45) is 17.6. The van der Waals surface area contributed by atoms with Gasteiger partial charge in [-0.05, 0) is 49.3 Å². The molecule has 0 bridgehead atoms. The Labute approximate surface area is 150 Å². The van der Waals surface area contributed by atoms with Gasteiger partial charge in [-0.3, -0.25) is 0 Å². The minimum absolute atomic E-state index is 1.15. The molecule has 0 atom stereocenters. The summed E-state index contributed by atoms with van der Waals surface area (Å²) in [7, 11) is 0. The van der Waals surface area contributed by atoms with Crippen LogP contribution < -0.4 is 0 Å². The van der Waals surface area contributed by atoms with Gasteiger partial charge in [0.2, 0.25) is 0 Å². The molecule has 0 nitrogen and oxygen atoms in total. The van der Waals surface area contributed by atoms with Crippen molar-refractivity contribution in [3.8, 4) is 0 Å². The molecule has 0 saturated carbocycles. The molecule has 1 rings (SSSR count). The van der Waals surface area contributed by atoms with Crippen molar-refractivity contribution >= 4 is 5.57 Å². The van der Waals surface area contributed by atoms with Gasteiger partial charge in [-0.15, -0.1) is 5.73 Å². The summed E-state index contributed by atoms with van der Waals surface area (Å²) < 4.78 is 0. The summed E-state index contributed by atoms with van der Waals surface area (Å²) in [5, 5.41) is 0. The Hall–Kier alpha value is -1.52. The maximum atomic E-state index is 3.66. The first-order valence-corrected chi connectivity index (χ1v) is 9.96. The summed E-state index contributed by atoms with van der Waals surface area (Å²) in [4.78, 5) is 0. The van der Waals surface area contributed by atoms with E-state index in [-0.39, 0.29) is 0 Å². The highest BCUT2D eigenvalue weighted by molar-refractivity contribution is 5.63. The standard InChI is InChI=1S/C24H36/c1-4-6-8-10-11-14-18-23(17-13-9-7-5-2)21-22(3)24-19-15-12-16-20-24/h12,14-16,18-20H,4-11,13,17H2,1-3H3/b18-14+. The first kappa shape index (κ1) is 20.5. The molecule has 132 valence electrons. The average molecular weight is 325 g/mol. The molecule has 0 saturated heterocycles. The monoisotopic (exact) mass is 324 g/mol. The fourth-order valence-electron chi connectivity index (χ4n) is 2.85. The normalized spacial score (nSPS) is 10.8. The van der Waals surface area contributed by atoms with E-state index in [9.17, 15) is 0 Å². The van der Waals surface area contributed by atoms with Crippen LogP contribution in [0.1, 0.15) is 90.5 Å². The van der Waals surface area contributed by atoms with Crippen LogP contribution in [0, 0.1) is 0 Å². The lowest BCUT2D eigenvalue weighted by Crippen LogP contribution is -1.83. The second-order valence-electron chi connectivity index (χ2n) is 6.70. The Morgan fingerprint density at radius 1 is 0.875 bits per heavy atom. The first-order valence-electron chi connectivity index (χ1n) is 9.96. The van der Waals surface area contributed by atoms with Crippen molar-refractivity contribution < 1.29 is 0 Å². The molecule has 0 radical (unpaired) electrons. The quantitative estimate of drug-likeness (QED) is 0.207. The van der Waals surface area contributed by atoms with E-state index in [0.29, 0.717) is 0 Å². The molecule has 0 heterocycles. The molecule has 0 unspecified atom stereocenters. The molecule has 0 amide bonds. The van der Waals surface area contributed by atoms with Gasteiger partial charge < -0.3 is 0 Å². The van der Waals surface area contributed by atoms with Crippen LogP contribution >= 0.6 is 0 Å². The van der Waals surface area contributed by atoms with Crippen LogP contribution in [-0.4, -0.2) is 0 Å². The molecule has 1 aromatic rings. The molecule has 0 aliphatic rings. The molecule has 24 heavy (non-hydrogen) atoms. The van der Waals surface area contributed by atoms with Gasteiger partial charge in [-0.1, -0.05) is 94.9 Å². The minimum Gasteiger partial charge on any atom is -0.114 e. The fourth-order valence-corrected chi connectivity index (χ4v) is 2.85. The second-order valence-corrected chi connectivity index (χ2v) is 6.70. The van der Waals surface area contributed by atoms with E-state index in [0.717, 1.165) is 6.42 Å². The predicted octanol–water partition coefficient (Wildman–Crippen LogP) is 8.11. The molecule has 0 aromatic heterocycles. The van der Waals surface area contributed by atoms with Crippen molar-refractivity contribution in [3.63, 3.8) is 0 Å². The number of allylic oxidation sites excluding steroid dienone is 3. The third-order valence-electron chi connectivity index (χ3n) is 4.40. The number of unbranched alkanes of at least 4 members (excludes halogenated alkanes) is 7. The van der Waals surface area contributed by atoms with Crippen LogP contribution in [0.3, 0.4) is 0 Å². The molecule has 0 fully saturated rings. The Morgan fingerprint density at radius 3 is 2.21 bits per heavy atom. The highest BCUT2D eigenvalue weighted by Crippen LogP contribution is 2.17. The van der Waals surface area contributed by atoms with Gasteiger partial charge in [0.25, 0.3) is 0 Å². The third-order valence-corrected chi connectivity index (χ3v) is 4.40. The number of rotatable bonds is 12. The van der Waals surface area contributed by atoms with E-state index in [2.05, 4.69) is 69.0 Å². The van der Waals surface area contributed by atoms with Crippen molar-refractivity contribution in [1.29, 1.82) is 0 Å². The van der Waals surface area contributed by atoms with E-state index in [1.54, 1.807) is 0 Å². The van der Waals surface area contributed by atoms with E-state index < -0.39 is 0 Å². The van der Waals surface area contributed by atoms with Crippen LogP contribution in [-0.2, 0) is 0 Å². The lowest BCUT2D eigenvalue weighted by molar-refractivity contribution is 0.666. The van der Waals surface area contributed by atoms with Gasteiger partial charge >= 0.3 is 0 Å². The van der Waals surface area contributed by atoms with E-state index in [1.807, 2.05) is 0 Å². The van der Waals surface area contributed by atoms with E-state index in [1.165, 1.54) is 74.5 Å². The number of hydrogen-bond donors (Lipinski definition) is 0. The van der Waals surface area contributed by atoms with E-state index in [4.69, 9.17) is 0 Å². The SMILES string of the molecule is CCCCCC/C=C/C(=C=C(C)c1ccccc1)CCCCCC. The zero-order valence-corrected chi connectivity index (χ0v) is 16.1. The maximum absolute atomic E-state index is 3.66. The highest BCUT2D eigenvalue weighted by Gasteiger charge is 1.97. The average Bonchev–Trinajstić information content (AvgIpc) is 2.62. The summed E-state index contributed by atoms with van der Waals surface area (Å²) in [6.45, 7) is 6.72. The molecular weight excluding hydrogens is 288 g/mol. The molecule has 0 aliphatic carbocycles. The minimum atomic E-state index is 1.15. The smallest absolute Gasteiger partial charge is 0.00161 e. The van der Waals surface area contributed by atoms with Crippen molar-refractivity contribution in [3.05, 3.63) is 59.4 Å². The third kappa shape index (κ3) is 9.58. The summed E-state index contributed by atoms with van der Waals surface area (Å²) in [5.74, 6) is 0. The molecule has 0 N–H and O–H groups in total. The van der Waals surface area contributed by atoms with Crippen LogP contribution in [0.15, 0.2) is 53.8 Å². The summed E-state index contributed by atoms with van der Waals surface area (Å²) in [5.41, 5.74) is 7.55. The van der Waals surface area contributed by atoms with Gasteiger partial charge in [-0.25, -0.2) is 0 Å². The van der Waals surface area contributed by atoms with Gasteiger partial charge in [0.05, 0.1) is 0 Å². The Bertz CT molecular complexity index is 512. The molecule has 0 spiro atoms. The molecule has 0 aliphatic heterocycles. The van der Waals surface area contributed by atoms with Gasteiger partial charge in [0.15, 0.2) is 0 Å². The largest absolute Gasteiger partial charge is 0.114 e. The Kier molecular flexibility index (Phi) is 11.9. The van der Waals surface area contributed by atoms with Gasteiger partial charge in [0.1, 0.15) is 0 Å². The Morgan fingerprint density at radius 2 is 1.54 bits per heavy atom. The van der Waals surface area contributed by atoms with Crippen molar-refractivity contribution in [2.45, 2.75) is 85.0 Å². The molecule has 1 aromatic carbocycles. The van der Waals surface area contributed by atoms with E-state index >= 15 is 0 Å². The number of hydrogen-bond acceptors (Lipinski definition) is 0. The van der Waals surface area contributed by atoms with Crippen molar-refractivity contribution in [1.82, 2.24) is 0 Å². The lowest BCUT2D eigenvalue weighted by Gasteiger charge is -2.02. The highest BCUT2D eigenvalue weighted by atomic mass is 14.0. The number of benzene rings is 1. The molecule has 0 heteroatoms. The molecular formula is C24H36. The van der Waals surface area contributed by atoms with Crippen LogP contribution in [0.2, 0.25) is 0 Å². The second kappa shape index (κ2) is 13.9. The maximum Gasteiger partial charge on any atom is -0.00161 e. The van der Waals surface area contributed by atoms with Crippen LogP contribution in [0.4, 0.5) is 0 Å². The lowest BCUT2D eigenvalue weighted by atomic mass is 10.0. The first-order chi connectivity index (χ1) is 11.8. The van der Waals surface area contributed by atoms with Crippen molar-refractivity contribution in [2.24, 2.45) is 0 Å². The van der Waals surface area contributed by atoms with Crippen LogP contribution in [0.25, 0.3) is 5.57 Å². The predicted molar refractivity (Wildman–Crippen MR) is 109 cm³/mol. The zero-order chi connectivity index (χ0) is 17.5. The van der Waals surface area contributed by atoms with Crippen molar-refractivity contribution in [2.75, 3.05) is 0 Å². The van der Waals surface area contributed by atoms with Gasteiger partial charge in [0, 0.05) is 0 Å². The topological polar surface area (TPSA) is 0 Å². The fraction of sp³-hybridized carbons (Fsp3) is 0.542. The van der Waals surface area contributed by atoms with Gasteiger partial charge in [-0.2, -0.15) is 0 Å². The zero-order valence-electron chi connectivity index (χ0n) is 16.1. The van der Waals surface area contributed by atoms with Crippen LogP contribution in [0.5, 0.6) is 0 Å². The summed E-state index contributed by atoms with van der Waals surface area (Å²) in [6, 6.07) is 10.6. The Balaban J connectivity index is 2.72.